The number of aromatic nitrogens is 4. The van der Waals surface area contributed by atoms with Gasteiger partial charge in [0.05, 0.1) is 7.11 Å². The molecule has 0 bridgehead atoms. The Morgan fingerprint density at radius 1 is 0.969 bits per heavy atom. The first kappa shape index (κ1) is 20.0. The number of amides is 1. The highest BCUT2D eigenvalue weighted by Crippen LogP contribution is 2.31. The van der Waals surface area contributed by atoms with Crippen molar-refractivity contribution in [3.05, 3.63) is 67.3 Å². The number of fused-ring (bicyclic) bond motifs is 1. The van der Waals surface area contributed by atoms with E-state index in [2.05, 4.69) is 32.0 Å². The van der Waals surface area contributed by atoms with E-state index < -0.39 is 0 Å². The van der Waals surface area contributed by atoms with Crippen LogP contribution in [-0.4, -0.2) is 63.6 Å². The highest BCUT2D eigenvalue weighted by molar-refractivity contribution is 5.82. The lowest BCUT2D eigenvalue weighted by molar-refractivity contribution is -0.132. The number of para-hydroxylation sites is 1. The standard InChI is InChI=1S/C24H24N6O2/c1-32-24-26-15-19(16-27-24)20-6-2-3-7-21(20)28-11-13-29(14-12-28)22(31)17-30-10-8-18-5-4-9-25-23(18)30/h2-10,15-16H,11-14,17H2,1H3. The Balaban J connectivity index is 1.27. The van der Waals surface area contributed by atoms with Gasteiger partial charge in [0.2, 0.25) is 5.91 Å². The predicted molar refractivity (Wildman–Crippen MR) is 123 cm³/mol. The minimum Gasteiger partial charge on any atom is -0.467 e. The summed E-state index contributed by atoms with van der Waals surface area (Å²) in [6, 6.07) is 14.5. The molecule has 1 aromatic carbocycles. The quantitative estimate of drug-likeness (QED) is 0.487. The molecule has 0 unspecified atom stereocenters. The van der Waals surface area contributed by atoms with E-state index in [-0.39, 0.29) is 5.91 Å². The fourth-order valence-electron chi connectivity index (χ4n) is 4.14. The summed E-state index contributed by atoms with van der Waals surface area (Å²) in [4.78, 5) is 30.1. The van der Waals surface area contributed by atoms with Crippen LogP contribution in [-0.2, 0) is 11.3 Å². The smallest absolute Gasteiger partial charge is 0.316 e. The molecular weight excluding hydrogens is 404 g/mol. The van der Waals surface area contributed by atoms with E-state index in [1.165, 1.54) is 0 Å². The maximum atomic E-state index is 12.9. The third-order valence-electron chi connectivity index (χ3n) is 5.83. The number of hydrogen-bond donors (Lipinski definition) is 0. The summed E-state index contributed by atoms with van der Waals surface area (Å²) in [5.41, 5.74) is 3.97. The molecule has 5 rings (SSSR count). The zero-order valence-electron chi connectivity index (χ0n) is 17.9. The Kier molecular flexibility index (Phi) is 5.41. The highest BCUT2D eigenvalue weighted by Gasteiger charge is 2.23. The zero-order valence-corrected chi connectivity index (χ0v) is 17.9. The van der Waals surface area contributed by atoms with Crippen LogP contribution in [0.4, 0.5) is 5.69 Å². The third kappa shape index (κ3) is 3.87. The topological polar surface area (TPSA) is 76.4 Å². The van der Waals surface area contributed by atoms with Crippen molar-refractivity contribution in [1.29, 1.82) is 0 Å². The molecular formula is C24H24N6O2. The van der Waals surface area contributed by atoms with Gasteiger partial charge >= 0.3 is 6.01 Å². The fourth-order valence-corrected chi connectivity index (χ4v) is 4.14. The number of anilines is 1. The number of hydrogen-bond acceptors (Lipinski definition) is 6. The monoisotopic (exact) mass is 428 g/mol. The van der Waals surface area contributed by atoms with Crippen LogP contribution >= 0.6 is 0 Å². The summed E-state index contributed by atoms with van der Waals surface area (Å²) in [6.07, 6.45) is 7.24. The maximum absolute atomic E-state index is 12.9. The van der Waals surface area contributed by atoms with E-state index in [4.69, 9.17) is 4.74 Å². The second kappa shape index (κ2) is 8.66. The number of piperazine rings is 1. The van der Waals surface area contributed by atoms with Crippen LogP contribution in [0.3, 0.4) is 0 Å². The molecule has 1 amide bonds. The largest absolute Gasteiger partial charge is 0.467 e. The number of ether oxygens (including phenoxy) is 1. The van der Waals surface area contributed by atoms with E-state index in [1.54, 1.807) is 25.7 Å². The first-order valence-corrected chi connectivity index (χ1v) is 10.6. The second-order valence-electron chi connectivity index (χ2n) is 7.70. The van der Waals surface area contributed by atoms with Gasteiger partial charge in [0, 0.05) is 73.2 Å². The van der Waals surface area contributed by atoms with Crippen molar-refractivity contribution in [2.24, 2.45) is 0 Å². The van der Waals surface area contributed by atoms with Gasteiger partial charge in [-0.3, -0.25) is 4.79 Å². The van der Waals surface area contributed by atoms with Crippen LogP contribution in [0.1, 0.15) is 0 Å². The van der Waals surface area contributed by atoms with Crippen molar-refractivity contribution in [3.63, 3.8) is 0 Å². The second-order valence-corrected chi connectivity index (χ2v) is 7.70. The lowest BCUT2D eigenvalue weighted by Gasteiger charge is -2.37. The highest BCUT2D eigenvalue weighted by atomic mass is 16.5. The molecule has 3 aromatic heterocycles. The molecule has 162 valence electrons. The summed E-state index contributed by atoms with van der Waals surface area (Å²) in [6.45, 7) is 3.20. The lowest BCUT2D eigenvalue weighted by atomic mass is 10.1. The summed E-state index contributed by atoms with van der Waals surface area (Å²) < 4.78 is 6.99. The van der Waals surface area contributed by atoms with Crippen molar-refractivity contribution >= 4 is 22.6 Å². The Hall–Kier alpha value is -3.94. The maximum Gasteiger partial charge on any atom is 0.316 e. The van der Waals surface area contributed by atoms with Crippen molar-refractivity contribution in [2.45, 2.75) is 6.54 Å². The van der Waals surface area contributed by atoms with Crippen LogP contribution in [0.2, 0.25) is 0 Å². The van der Waals surface area contributed by atoms with Crippen LogP contribution in [0.5, 0.6) is 6.01 Å². The summed E-state index contributed by atoms with van der Waals surface area (Å²) in [5.74, 6) is 0.115. The Labute approximate surface area is 186 Å². The molecule has 8 nitrogen and oxygen atoms in total. The Bertz CT molecular complexity index is 1230. The van der Waals surface area contributed by atoms with Gasteiger partial charge in [-0.2, -0.15) is 0 Å². The number of rotatable bonds is 5. The van der Waals surface area contributed by atoms with E-state index in [9.17, 15) is 4.79 Å². The van der Waals surface area contributed by atoms with Gasteiger partial charge in [0.25, 0.3) is 0 Å². The molecule has 1 saturated heterocycles. The number of nitrogens with zero attached hydrogens (tertiary/aromatic N) is 6. The van der Waals surface area contributed by atoms with Crippen molar-refractivity contribution < 1.29 is 9.53 Å². The molecule has 0 spiro atoms. The van der Waals surface area contributed by atoms with Gasteiger partial charge < -0.3 is 19.1 Å². The molecule has 4 aromatic rings. The molecule has 1 aliphatic rings. The van der Waals surface area contributed by atoms with Crippen LogP contribution < -0.4 is 9.64 Å². The van der Waals surface area contributed by atoms with E-state index in [0.29, 0.717) is 25.6 Å². The van der Waals surface area contributed by atoms with E-state index in [0.717, 1.165) is 40.9 Å². The van der Waals surface area contributed by atoms with Crippen LogP contribution in [0.25, 0.3) is 22.2 Å². The molecule has 0 saturated carbocycles. The van der Waals surface area contributed by atoms with E-state index in [1.807, 2.05) is 46.0 Å². The van der Waals surface area contributed by atoms with Crippen molar-refractivity contribution in [3.8, 4) is 17.1 Å². The summed E-state index contributed by atoms with van der Waals surface area (Å²) in [5, 5.41) is 1.05. The average Bonchev–Trinajstić information content (AvgIpc) is 3.27. The zero-order chi connectivity index (χ0) is 21.9. The number of carbonyl (C=O) groups excluding carboxylic acids is 1. The van der Waals surface area contributed by atoms with Crippen molar-refractivity contribution in [1.82, 2.24) is 24.4 Å². The predicted octanol–water partition coefficient (Wildman–Crippen LogP) is 2.85. The molecule has 32 heavy (non-hydrogen) atoms. The molecule has 0 atom stereocenters. The van der Waals surface area contributed by atoms with E-state index >= 15 is 0 Å². The SMILES string of the molecule is COc1ncc(-c2ccccc2N2CCN(C(=O)Cn3ccc4cccnc43)CC2)cn1. The van der Waals surface area contributed by atoms with Gasteiger partial charge in [-0.25, -0.2) is 15.0 Å². The molecule has 0 radical (unpaired) electrons. The molecule has 1 fully saturated rings. The Morgan fingerprint density at radius 3 is 2.53 bits per heavy atom. The molecule has 1 aliphatic heterocycles. The normalized spacial score (nSPS) is 14.0. The summed E-state index contributed by atoms with van der Waals surface area (Å²) in [7, 11) is 1.55. The number of pyridine rings is 1. The van der Waals surface area contributed by atoms with Gasteiger partial charge in [-0.15, -0.1) is 0 Å². The minimum atomic E-state index is 0.115. The number of carbonyl (C=O) groups is 1. The van der Waals surface area contributed by atoms with Gasteiger partial charge in [0.15, 0.2) is 0 Å². The van der Waals surface area contributed by atoms with Gasteiger partial charge in [-0.05, 0) is 24.3 Å². The fraction of sp³-hybridized carbons (Fsp3) is 0.250. The number of benzene rings is 1. The first-order chi connectivity index (χ1) is 15.7. The van der Waals surface area contributed by atoms with Crippen LogP contribution in [0, 0.1) is 0 Å². The first-order valence-electron chi connectivity index (χ1n) is 10.6. The average molecular weight is 428 g/mol. The molecule has 0 N–H and O–H groups in total. The Morgan fingerprint density at radius 2 is 1.75 bits per heavy atom. The molecule has 4 heterocycles. The minimum absolute atomic E-state index is 0.115. The van der Waals surface area contributed by atoms with Gasteiger partial charge in [-0.1, -0.05) is 18.2 Å². The lowest BCUT2D eigenvalue weighted by Crippen LogP contribution is -2.49. The molecule has 0 aliphatic carbocycles. The number of methoxy groups -OCH3 is 1. The molecule has 8 heteroatoms. The summed E-state index contributed by atoms with van der Waals surface area (Å²) >= 11 is 0. The third-order valence-corrected chi connectivity index (χ3v) is 5.83. The van der Waals surface area contributed by atoms with Crippen LogP contribution in [0.15, 0.2) is 67.3 Å². The van der Waals surface area contributed by atoms with Crippen molar-refractivity contribution in [2.75, 3.05) is 38.2 Å². The van der Waals surface area contributed by atoms with Gasteiger partial charge in [0.1, 0.15) is 12.2 Å².